The monoisotopic (exact) mass is 376 g/mol. The highest BCUT2D eigenvalue weighted by atomic mass is 16.3. The van der Waals surface area contributed by atoms with Gasteiger partial charge >= 0.3 is 0 Å². The lowest BCUT2D eigenvalue weighted by molar-refractivity contribution is -0.140. The number of carbonyl (C=O) groups is 1. The van der Waals surface area contributed by atoms with Crippen molar-refractivity contribution in [1.82, 2.24) is 20.0 Å². The molecule has 2 atom stereocenters. The number of fused-ring (bicyclic) bond motifs is 4. The first-order chi connectivity index (χ1) is 13.8. The fourth-order valence-electron chi connectivity index (χ4n) is 4.47. The van der Waals surface area contributed by atoms with Gasteiger partial charge in [-0.15, -0.1) is 0 Å². The number of aromatic amines is 1. The molecule has 2 aromatic heterocycles. The molecule has 5 heterocycles. The molecule has 6 nitrogen and oxygen atoms in total. The van der Waals surface area contributed by atoms with Crippen LogP contribution >= 0.6 is 0 Å². The van der Waals surface area contributed by atoms with E-state index in [2.05, 4.69) is 32.1 Å². The SMILES string of the molecule is O=C1C2CCC(CN(Cc3ccc(-c4ccn[nH]4)o3)C2)N1Cc1ccccc1. The Balaban J connectivity index is 1.30. The number of hydrogen-bond acceptors (Lipinski definition) is 4. The Bertz CT molecular complexity index is 935. The van der Waals surface area contributed by atoms with Crippen molar-refractivity contribution in [2.45, 2.75) is 32.0 Å². The number of nitrogens with zero attached hydrogens (tertiary/aromatic N) is 3. The van der Waals surface area contributed by atoms with E-state index in [4.69, 9.17) is 4.42 Å². The minimum absolute atomic E-state index is 0.0875. The number of H-pyrrole nitrogens is 1. The first-order valence-electron chi connectivity index (χ1n) is 9.91. The second kappa shape index (κ2) is 7.28. The summed E-state index contributed by atoms with van der Waals surface area (Å²) in [6, 6.07) is 16.5. The number of rotatable bonds is 5. The summed E-state index contributed by atoms with van der Waals surface area (Å²) in [5, 5.41) is 6.91. The van der Waals surface area contributed by atoms with E-state index < -0.39 is 0 Å². The Hall–Kier alpha value is -2.86. The van der Waals surface area contributed by atoms with Gasteiger partial charge in [-0.1, -0.05) is 30.3 Å². The summed E-state index contributed by atoms with van der Waals surface area (Å²) in [7, 11) is 0. The van der Waals surface area contributed by atoms with Crippen LogP contribution in [0, 0.1) is 5.92 Å². The van der Waals surface area contributed by atoms with Gasteiger partial charge in [0.15, 0.2) is 5.76 Å². The number of furan rings is 1. The minimum Gasteiger partial charge on any atom is -0.458 e. The maximum absolute atomic E-state index is 13.0. The van der Waals surface area contributed by atoms with Crippen molar-refractivity contribution in [3.05, 3.63) is 66.1 Å². The number of carbonyl (C=O) groups excluding carboxylic acids is 1. The molecule has 6 rings (SSSR count). The Morgan fingerprint density at radius 1 is 1.04 bits per heavy atom. The van der Waals surface area contributed by atoms with Gasteiger partial charge in [0.05, 0.1) is 12.5 Å². The molecule has 3 fully saturated rings. The standard InChI is InChI=1S/C22H24N4O2/c27-22-17-6-7-18(26(22)12-16-4-2-1-3-5-16)14-25(13-17)15-19-8-9-21(28-19)20-10-11-23-24-20/h1-5,8-11,17-18H,6-7,12-15H2,(H,23,24). The van der Waals surface area contributed by atoms with Gasteiger partial charge in [0.1, 0.15) is 11.5 Å². The zero-order chi connectivity index (χ0) is 18.9. The molecule has 6 heteroatoms. The highest BCUT2D eigenvalue weighted by molar-refractivity contribution is 5.80. The van der Waals surface area contributed by atoms with Gasteiger partial charge in [-0.25, -0.2) is 0 Å². The number of benzene rings is 1. The number of piperidine rings is 1. The Morgan fingerprint density at radius 3 is 2.75 bits per heavy atom. The van der Waals surface area contributed by atoms with Crippen molar-refractivity contribution in [1.29, 1.82) is 0 Å². The molecule has 3 aliphatic heterocycles. The summed E-state index contributed by atoms with van der Waals surface area (Å²) in [6.07, 6.45) is 3.79. The van der Waals surface area contributed by atoms with Crippen molar-refractivity contribution in [3.63, 3.8) is 0 Å². The summed E-state index contributed by atoms with van der Waals surface area (Å²) < 4.78 is 6.00. The van der Waals surface area contributed by atoms with E-state index in [0.29, 0.717) is 12.5 Å². The van der Waals surface area contributed by atoms with Crippen LogP contribution in [0.5, 0.6) is 0 Å². The summed E-state index contributed by atoms with van der Waals surface area (Å²) in [6.45, 7) is 3.14. The third-order valence-corrected chi connectivity index (χ3v) is 5.87. The van der Waals surface area contributed by atoms with Crippen LogP contribution in [0.3, 0.4) is 0 Å². The lowest BCUT2D eigenvalue weighted by Crippen LogP contribution is -2.47. The molecule has 1 amide bonds. The minimum atomic E-state index is 0.0875. The van der Waals surface area contributed by atoms with Gasteiger partial charge in [0.2, 0.25) is 5.91 Å². The fourth-order valence-corrected chi connectivity index (χ4v) is 4.47. The van der Waals surface area contributed by atoms with Crippen molar-refractivity contribution >= 4 is 5.91 Å². The summed E-state index contributed by atoms with van der Waals surface area (Å²) in [5.74, 6) is 2.12. The Morgan fingerprint density at radius 2 is 1.93 bits per heavy atom. The van der Waals surface area contributed by atoms with Crippen LogP contribution in [-0.4, -0.2) is 45.0 Å². The zero-order valence-electron chi connectivity index (χ0n) is 15.8. The molecule has 3 saturated heterocycles. The molecule has 2 unspecified atom stereocenters. The van der Waals surface area contributed by atoms with Crippen LogP contribution in [-0.2, 0) is 17.9 Å². The van der Waals surface area contributed by atoms with Gasteiger partial charge < -0.3 is 9.32 Å². The van der Waals surface area contributed by atoms with Gasteiger partial charge in [-0.05, 0) is 36.6 Å². The van der Waals surface area contributed by atoms with Gasteiger partial charge in [0, 0.05) is 31.9 Å². The van der Waals surface area contributed by atoms with E-state index in [0.717, 1.165) is 49.7 Å². The molecule has 2 bridgehead atoms. The van der Waals surface area contributed by atoms with Gasteiger partial charge in [-0.2, -0.15) is 5.10 Å². The Labute approximate surface area is 164 Å². The molecular weight excluding hydrogens is 352 g/mol. The molecule has 144 valence electrons. The lowest BCUT2D eigenvalue weighted by Gasteiger charge is -2.36. The van der Waals surface area contributed by atoms with Gasteiger partial charge in [0.25, 0.3) is 0 Å². The molecule has 0 radical (unpaired) electrons. The smallest absolute Gasteiger partial charge is 0.227 e. The van der Waals surface area contributed by atoms with E-state index in [1.807, 2.05) is 36.4 Å². The zero-order valence-corrected chi connectivity index (χ0v) is 15.8. The molecule has 0 spiro atoms. The average molecular weight is 376 g/mol. The quantitative estimate of drug-likeness (QED) is 0.742. The normalized spacial score (nSPS) is 22.6. The third kappa shape index (κ3) is 3.36. The van der Waals surface area contributed by atoms with E-state index in [1.165, 1.54) is 5.56 Å². The van der Waals surface area contributed by atoms with Gasteiger partial charge in [-0.3, -0.25) is 14.8 Å². The van der Waals surface area contributed by atoms with Crippen molar-refractivity contribution in [3.8, 4) is 11.5 Å². The average Bonchev–Trinajstić information content (AvgIpc) is 3.33. The number of aromatic nitrogens is 2. The van der Waals surface area contributed by atoms with E-state index in [-0.39, 0.29) is 12.0 Å². The summed E-state index contributed by atoms with van der Waals surface area (Å²) in [4.78, 5) is 17.5. The van der Waals surface area contributed by atoms with E-state index in [9.17, 15) is 4.79 Å². The second-order valence-electron chi connectivity index (χ2n) is 7.81. The molecule has 3 aliphatic rings. The Kier molecular flexibility index (Phi) is 4.49. The molecule has 0 saturated carbocycles. The lowest BCUT2D eigenvalue weighted by atomic mass is 9.93. The van der Waals surface area contributed by atoms with Crippen LogP contribution in [0.4, 0.5) is 0 Å². The van der Waals surface area contributed by atoms with E-state index >= 15 is 0 Å². The highest BCUT2D eigenvalue weighted by Crippen LogP contribution is 2.31. The molecule has 1 N–H and O–H groups in total. The summed E-state index contributed by atoms with van der Waals surface area (Å²) >= 11 is 0. The first kappa shape index (κ1) is 17.3. The predicted octanol–water partition coefficient (Wildman–Crippen LogP) is 3.29. The maximum atomic E-state index is 13.0. The highest BCUT2D eigenvalue weighted by Gasteiger charge is 2.40. The fraction of sp³-hybridized carbons (Fsp3) is 0.364. The van der Waals surface area contributed by atoms with Crippen molar-refractivity contribution in [2.24, 2.45) is 5.92 Å². The molecule has 3 aromatic rings. The van der Waals surface area contributed by atoms with E-state index in [1.54, 1.807) is 6.20 Å². The van der Waals surface area contributed by atoms with Crippen molar-refractivity contribution in [2.75, 3.05) is 13.1 Å². The third-order valence-electron chi connectivity index (χ3n) is 5.87. The van der Waals surface area contributed by atoms with Crippen LogP contribution in [0.1, 0.15) is 24.2 Å². The first-order valence-corrected chi connectivity index (χ1v) is 9.91. The number of amides is 1. The number of nitrogens with one attached hydrogen (secondary N) is 1. The predicted molar refractivity (Wildman–Crippen MR) is 105 cm³/mol. The molecule has 1 aromatic carbocycles. The van der Waals surface area contributed by atoms with Crippen LogP contribution < -0.4 is 0 Å². The molecular formula is C22H24N4O2. The largest absolute Gasteiger partial charge is 0.458 e. The summed E-state index contributed by atoms with van der Waals surface area (Å²) in [5.41, 5.74) is 2.08. The van der Waals surface area contributed by atoms with Crippen LogP contribution in [0.25, 0.3) is 11.5 Å². The number of hydrogen-bond donors (Lipinski definition) is 1. The van der Waals surface area contributed by atoms with Crippen LogP contribution in [0.15, 0.2) is 59.1 Å². The topological polar surface area (TPSA) is 65.4 Å². The second-order valence-corrected chi connectivity index (χ2v) is 7.81. The molecule has 0 aliphatic carbocycles. The maximum Gasteiger partial charge on any atom is 0.227 e. The van der Waals surface area contributed by atoms with Crippen LogP contribution in [0.2, 0.25) is 0 Å². The molecule has 28 heavy (non-hydrogen) atoms. The van der Waals surface area contributed by atoms with Crippen molar-refractivity contribution < 1.29 is 9.21 Å².